The van der Waals surface area contributed by atoms with E-state index >= 15 is 0 Å². The third kappa shape index (κ3) is 4.16. The number of hydrogen-bond donors (Lipinski definition) is 1. The molecule has 1 aromatic heterocycles. The van der Waals surface area contributed by atoms with Crippen LogP contribution in [-0.4, -0.2) is 22.7 Å². The van der Waals surface area contributed by atoms with Crippen LogP contribution < -0.4 is 10.2 Å². The lowest BCUT2D eigenvalue weighted by Gasteiger charge is -2.08. The Kier molecular flexibility index (Phi) is 5.28. The van der Waals surface area contributed by atoms with Crippen molar-refractivity contribution in [3.8, 4) is 5.88 Å². The molecule has 0 radical (unpaired) electrons. The molecule has 1 amide bonds. The summed E-state index contributed by atoms with van der Waals surface area (Å²) in [6.45, 7) is -0.218. The van der Waals surface area contributed by atoms with E-state index < -0.39 is 0 Å². The van der Waals surface area contributed by atoms with Gasteiger partial charge in [0.2, 0.25) is 18.0 Å². The van der Waals surface area contributed by atoms with Gasteiger partial charge >= 0.3 is 0 Å². The van der Waals surface area contributed by atoms with Gasteiger partial charge in [-0.25, -0.2) is 15.3 Å². The number of hydroxylamine groups is 1. The maximum Gasteiger partial charge on any atom is 0.274 e. The third-order valence-electron chi connectivity index (χ3n) is 2.14. The van der Waals surface area contributed by atoms with E-state index in [1.54, 1.807) is 24.3 Å². The Morgan fingerprint density at radius 1 is 1.35 bits per heavy atom. The van der Waals surface area contributed by atoms with Crippen molar-refractivity contribution >= 4 is 33.4 Å². The van der Waals surface area contributed by atoms with Gasteiger partial charge in [-0.15, -0.1) is 0 Å². The van der Waals surface area contributed by atoms with Crippen molar-refractivity contribution in [3.63, 3.8) is 0 Å². The quantitative estimate of drug-likeness (QED) is 0.385. The number of ether oxygens (including phenoxy) is 1. The summed E-state index contributed by atoms with van der Waals surface area (Å²) in [5.74, 6) is -0.145. The van der Waals surface area contributed by atoms with Crippen LogP contribution >= 0.6 is 27.5 Å². The minimum Gasteiger partial charge on any atom is -0.447 e. The Bertz CT molecular complexity index is 598. The number of amides is 1. The van der Waals surface area contributed by atoms with Crippen molar-refractivity contribution in [2.24, 2.45) is 0 Å². The summed E-state index contributed by atoms with van der Waals surface area (Å²) in [6, 6.07) is 8.66. The number of rotatable bonds is 5. The Balaban J connectivity index is 1.79. The number of benzene rings is 1. The smallest absolute Gasteiger partial charge is 0.274 e. The average molecular weight is 359 g/mol. The lowest BCUT2D eigenvalue weighted by molar-refractivity contribution is -0.0389. The first-order valence-corrected chi connectivity index (χ1v) is 6.62. The predicted molar refractivity (Wildman–Crippen MR) is 75.2 cm³/mol. The van der Waals surface area contributed by atoms with Crippen LogP contribution in [0.4, 0.5) is 0 Å². The lowest BCUT2D eigenvalue weighted by Crippen LogP contribution is -2.25. The largest absolute Gasteiger partial charge is 0.447 e. The van der Waals surface area contributed by atoms with Crippen LogP contribution in [0.25, 0.3) is 0 Å². The Morgan fingerprint density at radius 2 is 2.10 bits per heavy atom. The molecule has 0 saturated heterocycles. The number of hydrogen-bond acceptors (Lipinski definition) is 5. The van der Waals surface area contributed by atoms with Crippen LogP contribution in [0.15, 0.2) is 41.0 Å². The summed E-state index contributed by atoms with van der Waals surface area (Å²) >= 11 is 8.82. The van der Waals surface area contributed by atoms with E-state index in [1.807, 2.05) is 6.07 Å². The molecule has 2 rings (SSSR count). The molecule has 0 bridgehead atoms. The van der Waals surface area contributed by atoms with E-state index in [4.69, 9.17) is 21.2 Å². The minimum atomic E-state index is -0.367. The normalized spacial score (nSPS) is 10.1. The molecule has 1 heterocycles. The van der Waals surface area contributed by atoms with Gasteiger partial charge in [0, 0.05) is 11.8 Å². The molecule has 20 heavy (non-hydrogen) atoms. The molecule has 6 nitrogen and oxygen atoms in total. The second kappa shape index (κ2) is 7.18. The van der Waals surface area contributed by atoms with Gasteiger partial charge in [0.05, 0.1) is 4.47 Å². The molecule has 104 valence electrons. The van der Waals surface area contributed by atoms with Crippen molar-refractivity contribution in [2.75, 3.05) is 6.79 Å². The van der Waals surface area contributed by atoms with Crippen molar-refractivity contribution in [1.29, 1.82) is 0 Å². The molecule has 0 fully saturated rings. The van der Waals surface area contributed by atoms with E-state index in [0.717, 1.165) is 0 Å². The second-order valence-corrected chi connectivity index (χ2v) is 4.69. The van der Waals surface area contributed by atoms with Gasteiger partial charge in [-0.2, -0.15) is 4.98 Å². The number of aromatic nitrogens is 2. The number of halogens is 2. The molecule has 1 aromatic carbocycles. The van der Waals surface area contributed by atoms with Crippen LogP contribution in [0.1, 0.15) is 10.4 Å². The van der Waals surface area contributed by atoms with Gasteiger partial charge < -0.3 is 4.74 Å². The molecular weight excluding hydrogens is 350 g/mol. The summed E-state index contributed by atoms with van der Waals surface area (Å²) in [4.78, 5) is 24.1. The zero-order valence-corrected chi connectivity index (χ0v) is 12.4. The van der Waals surface area contributed by atoms with E-state index in [2.05, 4.69) is 31.4 Å². The molecule has 2 aromatic rings. The number of nitrogens with one attached hydrogen (secondary N) is 1. The van der Waals surface area contributed by atoms with Crippen molar-refractivity contribution < 1.29 is 14.4 Å². The summed E-state index contributed by atoms with van der Waals surface area (Å²) in [5.41, 5.74) is 2.73. The highest BCUT2D eigenvalue weighted by atomic mass is 79.9. The average Bonchev–Trinajstić information content (AvgIpc) is 2.47. The van der Waals surface area contributed by atoms with Crippen molar-refractivity contribution in [3.05, 3.63) is 51.8 Å². The summed E-state index contributed by atoms with van der Waals surface area (Å²) in [7, 11) is 0. The maximum absolute atomic E-state index is 11.6. The van der Waals surface area contributed by atoms with E-state index in [0.29, 0.717) is 10.0 Å². The highest BCUT2D eigenvalue weighted by molar-refractivity contribution is 9.10. The van der Waals surface area contributed by atoms with Crippen LogP contribution in [0.2, 0.25) is 5.28 Å². The van der Waals surface area contributed by atoms with E-state index in [1.165, 1.54) is 6.20 Å². The topological polar surface area (TPSA) is 73.3 Å². The third-order valence-corrected chi connectivity index (χ3v) is 2.86. The van der Waals surface area contributed by atoms with Crippen LogP contribution in [0.5, 0.6) is 5.88 Å². The molecule has 0 aliphatic carbocycles. The lowest BCUT2D eigenvalue weighted by atomic mass is 10.2. The first-order valence-electron chi connectivity index (χ1n) is 5.45. The molecule has 8 heteroatoms. The zero-order chi connectivity index (χ0) is 14.4. The summed E-state index contributed by atoms with van der Waals surface area (Å²) < 4.78 is 5.71. The minimum absolute atomic E-state index is 0.0523. The zero-order valence-electron chi connectivity index (χ0n) is 10.0. The molecule has 0 atom stereocenters. The van der Waals surface area contributed by atoms with E-state index in [-0.39, 0.29) is 23.9 Å². The van der Waals surface area contributed by atoms with Crippen molar-refractivity contribution in [2.45, 2.75) is 0 Å². The molecule has 0 spiro atoms. The van der Waals surface area contributed by atoms with Gasteiger partial charge in [-0.1, -0.05) is 18.2 Å². The fourth-order valence-corrected chi connectivity index (χ4v) is 1.69. The molecule has 0 unspecified atom stereocenters. The van der Waals surface area contributed by atoms with Crippen molar-refractivity contribution in [1.82, 2.24) is 15.4 Å². The standard InChI is InChI=1S/C12H9BrClN3O3/c13-9-6-15-12(14)16-11(9)19-7-20-17-10(18)8-4-2-1-3-5-8/h1-6H,7H2,(H,17,18). The molecular formula is C12H9BrClN3O3. The number of carbonyl (C=O) groups is 1. The van der Waals surface area contributed by atoms with Gasteiger partial charge in [0.1, 0.15) is 0 Å². The second-order valence-electron chi connectivity index (χ2n) is 3.50. The molecule has 0 saturated carbocycles. The van der Waals surface area contributed by atoms with Crippen LogP contribution in [0, 0.1) is 0 Å². The van der Waals surface area contributed by atoms with Gasteiger partial charge in [0.15, 0.2) is 0 Å². The van der Waals surface area contributed by atoms with E-state index in [9.17, 15) is 4.79 Å². The fourth-order valence-electron chi connectivity index (χ4n) is 1.26. The highest BCUT2D eigenvalue weighted by Crippen LogP contribution is 2.22. The van der Waals surface area contributed by atoms with Gasteiger partial charge in [-0.05, 0) is 39.7 Å². The highest BCUT2D eigenvalue weighted by Gasteiger charge is 2.07. The van der Waals surface area contributed by atoms with Gasteiger partial charge in [-0.3, -0.25) is 4.79 Å². The van der Waals surface area contributed by atoms with Gasteiger partial charge in [0.25, 0.3) is 5.91 Å². The Labute approximate surface area is 128 Å². The van der Waals surface area contributed by atoms with Crippen LogP contribution in [-0.2, 0) is 4.84 Å². The number of carbonyl (C=O) groups excluding carboxylic acids is 1. The first kappa shape index (κ1) is 14.7. The van der Waals surface area contributed by atoms with Crippen LogP contribution in [0.3, 0.4) is 0 Å². The Hall–Kier alpha value is -1.70. The number of nitrogens with zero attached hydrogens (tertiary/aromatic N) is 2. The predicted octanol–water partition coefficient (Wildman–Crippen LogP) is 2.59. The first-order chi connectivity index (χ1) is 9.66. The monoisotopic (exact) mass is 357 g/mol. The molecule has 1 N–H and O–H groups in total. The Morgan fingerprint density at radius 3 is 2.85 bits per heavy atom. The summed E-state index contributed by atoms with van der Waals surface area (Å²) in [6.07, 6.45) is 1.45. The summed E-state index contributed by atoms with van der Waals surface area (Å²) in [5, 5.41) is 0.0523. The molecule has 0 aliphatic rings. The fraction of sp³-hybridized carbons (Fsp3) is 0.0833. The SMILES string of the molecule is O=C(NOCOc1nc(Cl)ncc1Br)c1ccccc1. The maximum atomic E-state index is 11.6. The molecule has 0 aliphatic heterocycles.